The lowest BCUT2D eigenvalue weighted by Crippen LogP contribution is -2.39. The van der Waals surface area contributed by atoms with Crippen LogP contribution in [0.3, 0.4) is 0 Å². The van der Waals surface area contributed by atoms with E-state index in [4.69, 9.17) is 23.2 Å². The number of hydrogen-bond donors (Lipinski definition) is 0. The van der Waals surface area contributed by atoms with Gasteiger partial charge in [-0.3, -0.25) is 0 Å². The van der Waals surface area contributed by atoms with Crippen LogP contribution in [0.4, 0.5) is 0 Å². The summed E-state index contributed by atoms with van der Waals surface area (Å²) >= 11 is 15.6. The number of hydrogen-bond acceptors (Lipinski definition) is 2. The highest BCUT2D eigenvalue weighted by Crippen LogP contribution is 2.36. The summed E-state index contributed by atoms with van der Waals surface area (Å²) in [5.74, 6) is 0. The lowest BCUT2D eigenvalue weighted by Gasteiger charge is -2.29. The molecule has 1 aliphatic heterocycles. The molecule has 1 atom stereocenters. The third kappa shape index (κ3) is 3.75. The molecule has 21 heavy (non-hydrogen) atoms. The van der Waals surface area contributed by atoms with Gasteiger partial charge in [-0.2, -0.15) is 4.31 Å². The monoisotopic (exact) mass is 413 g/mol. The largest absolute Gasteiger partial charge is 0.246 e. The molecule has 7 heteroatoms. The minimum atomic E-state index is -3.68. The Labute approximate surface area is 144 Å². The Hall–Kier alpha value is 0.190. The second-order valence-electron chi connectivity index (χ2n) is 5.23. The first-order chi connectivity index (χ1) is 9.87. The molecule has 118 valence electrons. The van der Waals surface area contributed by atoms with E-state index in [2.05, 4.69) is 15.9 Å². The Kier molecular flexibility index (Phi) is 5.99. The fourth-order valence-corrected chi connectivity index (χ4v) is 6.42. The summed E-state index contributed by atoms with van der Waals surface area (Å²) in [6.45, 7) is 2.55. The summed E-state index contributed by atoms with van der Waals surface area (Å²) in [6.07, 6.45) is 4.69. The molecular weight excluding hydrogens is 397 g/mol. The molecule has 0 aliphatic carbocycles. The zero-order valence-electron chi connectivity index (χ0n) is 11.8. The summed E-state index contributed by atoms with van der Waals surface area (Å²) in [5, 5.41) is 0.321. The molecule has 1 saturated heterocycles. The zero-order chi connectivity index (χ0) is 15.6. The Balaban J connectivity index is 2.50. The molecule has 1 aliphatic rings. The van der Waals surface area contributed by atoms with Gasteiger partial charge < -0.3 is 0 Å². The summed E-state index contributed by atoms with van der Waals surface area (Å²) in [7, 11) is -3.68. The fraction of sp³-hybridized carbons (Fsp3) is 0.571. The maximum absolute atomic E-state index is 13.0. The molecule has 0 bridgehead atoms. The van der Waals surface area contributed by atoms with Crippen LogP contribution in [-0.2, 0) is 10.0 Å². The van der Waals surface area contributed by atoms with Gasteiger partial charge in [0.15, 0.2) is 0 Å². The number of benzene rings is 1. The summed E-state index contributed by atoms with van der Waals surface area (Å²) in [4.78, 5) is 0.0226. The van der Waals surface area contributed by atoms with E-state index in [1.807, 2.05) is 6.92 Å². The van der Waals surface area contributed by atoms with Crippen molar-refractivity contribution in [3.05, 3.63) is 26.7 Å². The van der Waals surface area contributed by atoms with Gasteiger partial charge in [-0.05, 0) is 31.4 Å². The molecule has 0 saturated carbocycles. The van der Waals surface area contributed by atoms with Gasteiger partial charge >= 0.3 is 0 Å². The molecule has 1 aromatic carbocycles. The van der Waals surface area contributed by atoms with Gasteiger partial charge in [0, 0.05) is 17.1 Å². The van der Waals surface area contributed by atoms with Crippen LogP contribution in [0.5, 0.6) is 0 Å². The van der Waals surface area contributed by atoms with Crippen molar-refractivity contribution in [3.63, 3.8) is 0 Å². The molecule has 0 spiro atoms. The lowest BCUT2D eigenvalue weighted by molar-refractivity contribution is 0.315. The van der Waals surface area contributed by atoms with Crippen LogP contribution in [0, 0.1) is 0 Å². The SMILES string of the molecule is CCC1CCCCCN1S(=O)(=O)c1c(Cl)cc(Br)cc1Cl. The van der Waals surface area contributed by atoms with E-state index in [0.717, 1.165) is 32.1 Å². The minimum absolute atomic E-state index is 0.0216. The van der Waals surface area contributed by atoms with Gasteiger partial charge in [-0.25, -0.2) is 8.42 Å². The quantitative estimate of drug-likeness (QED) is 0.689. The number of sulfonamides is 1. The van der Waals surface area contributed by atoms with Gasteiger partial charge in [-0.1, -0.05) is 58.9 Å². The third-order valence-electron chi connectivity index (χ3n) is 3.82. The van der Waals surface area contributed by atoms with Crippen molar-refractivity contribution >= 4 is 49.2 Å². The maximum Gasteiger partial charge on any atom is 0.246 e. The van der Waals surface area contributed by atoms with E-state index in [1.54, 1.807) is 16.4 Å². The molecule has 0 amide bonds. The molecule has 0 aromatic heterocycles. The fourth-order valence-electron chi connectivity index (χ4n) is 2.77. The van der Waals surface area contributed by atoms with E-state index in [1.165, 1.54) is 0 Å². The summed E-state index contributed by atoms with van der Waals surface area (Å²) in [6, 6.07) is 3.16. The van der Waals surface area contributed by atoms with Crippen LogP contribution in [-0.4, -0.2) is 25.3 Å². The molecule has 1 unspecified atom stereocenters. The molecule has 2 rings (SSSR count). The van der Waals surface area contributed by atoms with Crippen molar-refractivity contribution in [2.45, 2.75) is 50.0 Å². The van der Waals surface area contributed by atoms with E-state index in [9.17, 15) is 8.42 Å². The Morgan fingerprint density at radius 2 is 1.86 bits per heavy atom. The molecule has 1 heterocycles. The standard InChI is InChI=1S/C14H18BrCl2NO2S/c1-2-11-6-4-3-5-7-18(11)21(19,20)14-12(16)8-10(15)9-13(14)17/h8-9,11H,2-7H2,1H3. The second-order valence-corrected chi connectivity index (χ2v) is 8.78. The highest BCUT2D eigenvalue weighted by Gasteiger charge is 2.34. The molecular formula is C14H18BrCl2NO2S. The van der Waals surface area contributed by atoms with Crippen molar-refractivity contribution in [2.75, 3.05) is 6.54 Å². The van der Waals surface area contributed by atoms with Crippen LogP contribution < -0.4 is 0 Å². The topological polar surface area (TPSA) is 37.4 Å². The van der Waals surface area contributed by atoms with Crippen LogP contribution >= 0.6 is 39.1 Å². The van der Waals surface area contributed by atoms with Crippen LogP contribution in [0.25, 0.3) is 0 Å². The zero-order valence-corrected chi connectivity index (χ0v) is 15.7. The Bertz CT molecular complexity index is 598. The van der Waals surface area contributed by atoms with Crippen molar-refractivity contribution < 1.29 is 8.42 Å². The van der Waals surface area contributed by atoms with Crippen LogP contribution in [0.15, 0.2) is 21.5 Å². The van der Waals surface area contributed by atoms with Gasteiger partial charge in [0.25, 0.3) is 0 Å². The number of halogens is 3. The van der Waals surface area contributed by atoms with Crippen molar-refractivity contribution in [1.82, 2.24) is 4.31 Å². The highest BCUT2D eigenvalue weighted by molar-refractivity contribution is 9.10. The Morgan fingerprint density at radius 1 is 1.24 bits per heavy atom. The first-order valence-electron chi connectivity index (χ1n) is 7.04. The number of rotatable bonds is 3. The highest BCUT2D eigenvalue weighted by atomic mass is 79.9. The van der Waals surface area contributed by atoms with Crippen LogP contribution in [0.2, 0.25) is 10.0 Å². The first kappa shape index (κ1) is 17.5. The molecule has 1 aromatic rings. The first-order valence-corrected chi connectivity index (χ1v) is 10.0. The average Bonchev–Trinajstić information content (AvgIpc) is 2.62. The normalized spacial score (nSPS) is 21.2. The summed E-state index contributed by atoms with van der Waals surface area (Å²) < 4.78 is 28.3. The molecule has 0 radical (unpaired) electrons. The van der Waals surface area contributed by atoms with E-state index < -0.39 is 10.0 Å². The van der Waals surface area contributed by atoms with Gasteiger partial charge in [0.1, 0.15) is 4.90 Å². The van der Waals surface area contributed by atoms with E-state index >= 15 is 0 Å². The molecule has 1 fully saturated rings. The smallest absolute Gasteiger partial charge is 0.207 e. The van der Waals surface area contributed by atoms with Crippen LogP contribution in [0.1, 0.15) is 39.0 Å². The van der Waals surface area contributed by atoms with Crippen molar-refractivity contribution in [3.8, 4) is 0 Å². The second kappa shape index (κ2) is 7.18. The van der Waals surface area contributed by atoms with Gasteiger partial charge in [0.05, 0.1) is 10.0 Å². The van der Waals surface area contributed by atoms with Crippen molar-refractivity contribution in [1.29, 1.82) is 0 Å². The van der Waals surface area contributed by atoms with Gasteiger partial charge in [-0.15, -0.1) is 0 Å². The third-order valence-corrected chi connectivity index (χ3v) is 7.16. The Morgan fingerprint density at radius 3 is 2.43 bits per heavy atom. The van der Waals surface area contributed by atoms with Gasteiger partial charge in [0.2, 0.25) is 10.0 Å². The molecule has 3 nitrogen and oxygen atoms in total. The average molecular weight is 415 g/mol. The van der Waals surface area contributed by atoms with E-state index in [-0.39, 0.29) is 21.0 Å². The minimum Gasteiger partial charge on any atom is -0.207 e. The lowest BCUT2D eigenvalue weighted by atomic mass is 10.1. The molecule has 0 N–H and O–H groups in total. The maximum atomic E-state index is 13.0. The summed E-state index contributed by atoms with van der Waals surface area (Å²) in [5.41, 5.74) is 0. The predicted molar refractivity (Wildman–Crippen MR) is 90.6 cm³/mol. The predicted octanol–water partition coefficient (Wildman–Crippen LogP) is 5.10. The number of nitrogens with zero attached hydrogens (tertiary/aromatic N) is 1. The van der Waals surface area contributed by atoms with Crippen molar-refractivity contribution in [2.24, 2.45) is 0 Å². The van der Waals surface area contributed by atoms with E-state index in [0.29, 0.717) is 11.0 Å².